The summed E-state index contributed by atoms with van der Waals surface area (Å²) in [5, 5.41) is 0.797. The lowest BCUT2D eigenvalue weighted by Crippen LogP contribution is -2.39. The van der Waals surface area contributed by atoms with E-state index >= 15 is 0 Å². The molecule has 1 aromatic heterocycles. The third-order valence-corrected chi connectivity index (χ3v) is 5.82. The zero-order valence-corrected chi connectivity index (χ0v) is 16.5. The number of fused-ring (bicyclic) bond motifs is 1. The Balaban J connectivity index is 1.62. The third kappa shape index (κ3) is 4.12. The first-order valence-corrected chi connectivity index (χ1v) is 10.8. The van der Waals surface area contributed by atoms with E-state index in [1.54, 1.807) is 24.3 Å². The molecule has 0 amide bonds. The number of aromatic nitrogens is 2. The molecule has 2 saturated heterocycles. The van der Waals surface area contributed by atoms with E-state index in [4.69, 9.17) is 4.74 Å². The van der Waals surface area contributed by atoms with Gasteiger partial charge in [-0.15, -0.1) is 0 Å². The number of rotatable bonds is 5. The molecule has 0 spiro atoms. The number of hydrogen-bond acceptors (Lipinski definition) is 7. The van der Waals surface area contributed by atoms with Gasteiger partial charge in [0.2, 0.25) is 0 Å². The van der Waals surface area contributed by atoms with Crippen LogP contribution in [0.15, 0.2) is 18.5 Å². The maximum absolute atomic E-state index is 14.9. The van der Waals surface area contributed by atoms with Crippen LogP contribution >= 0.6 is 11.9 Å². The third-order valence-electron chi connectivity index (χ3n) is 5.37. The van der Waals surface area contributed by atoms with E-state index in [-0.39, 0.29) is 5.82 Å². The Kier molecular flexibility index (Phi) is 5.95. The molecule has 6 nitrogen and oxygen atoms in total. The molecule has 0 radical (unpaired) electrons. The predicted molar refractivity (Wildman–Crippen MR) is 109 cm³/mol. The Bertz CT molecular complexity index is 786. The number of piperidine rings is 1. The van der Waals surface area contributed by atoms with E-state index in [1.807, 2.05) is 17.2 Å². The maximum atomic E-state index is 14.9. The summed E-state index contributed by atoms with van der Waals surface area (Å²) in [7, 11) is 0. The highest BCUT2D eigenvalue weighted by Gasteiger charge is 2.24. The minimum atomic E-state index is -0.210. The van der Waals surface area contributed by atoms with Crippen LogP contribution in [0.1, 0.15) is 12.8 Å². The quantitative estimate of drug-likeness (QED) is 0.787. The minimum absolute atomic E-state index is 0.210. The molecule has 146 valence electrons. The van der Waals surface area contributed by atoms with E-state index in [0.29, 0.717) is 37.9 Å². The normalized spacial score (nSPS) is 21.0. The average molecular weight is 392 g/mol. The van der Waals surface area contributed by atoms with Gasteiger partial charge >= 0.3 is 0 Å². The van der Waals surface area contributed by atoms with Crippen molar-refractivity contribution < 1.29 is 9.13 Å². The van der Waals surface area contributed by atoms with Crippen molar-refractivity contribution in [3.63, 3.8) is 0 Å². The highest BCUT2D eigenvalue weighted by Crippen LogP contribution is 2.32. The van der Waals surface area contributed by atoms with Crippen LogP contribution in [0, 0.1) is 11.7 Å². The van der Waals surface area contributed by atoms with Gasteiger partial charge in [0.15, 0.2) is 0 Å². The molecule has 2 aromatic rings. The van der Waals surface area contributed by atoms with E-state index in [0.717, 1.165) is 42.8 Å². The first kappa shape index (κ1) is 18.7. The number of ether oxygens (including phenoxy) is 1. The van der Waals surface area contributed by atoms with Crippen molar-refractivity contribution in [1.82, 2.24) is 14.7 Å². The van der Waals surface area contributed by atoms with E-state index < -0.39 is 0 Å². The molecular weight excluding hydrogens is 365 g/mol. The summed E-state index contributed by atoms with van der Waals surface area (Å²) < 4.78 is 23.7. The number of hydrogen-bond donors (Lipinski definition) is 1. The molecule has 0 aliphatic carbocycles. The van der Waals surface area contributed by atoms with Gasteiger partial charge in [0.1, 0.15) is 18.0 Å². The Morgan fingerprint density at radius 3 is 2.89 bits per heavy atom. The van der Waals surface area contributed by atoms with E-state index in [9.17, 15) is 4.39 Å². The molecule has 2 aliphatic heterocycles. The fourth-order valence-corrected chi connectivity index (χ4v) is 4.38. The number of benzene rings is 1. The molecule has 1 unspecified atom stereocenters. The first-order chi connectivity index (χ1) is 13.3. The number of morpholine rings is 1. The highest BCUT2D eigenvalue weighted by atomic mass is 32.2. The first-order valence-electron chi connectivity index (χ1n) is 9.54. The van der Waals surface area contributed by atoms with Crippen LogP contribution < -0.4 is 14.5 Å². The molecule has 8 heteroatoms. The monoisotopic (exact) mass is 391 g/mol. The SMILES string of the molecule is CSNCC1CCCN(c2ncnc3cc(N4CCOCC4)c(F)cc23)C1. The fourth-order valence-electron chi connectivity index (χ4n) is 3.98. The maximum Gasteiger partial charge on any atom is 0.147 e. The van der Waals surface area contributed by atoms with Gasteiger partial charge in [-0.05, 0) is 37.1 Å². The van der Waals surface area contributed by atoms with Gasteiger partial charge in [0.25, 0.3) is 0 Å². The number of nitrogens with one attached hydrogen (secondary N) is 1. The van der Waals surface area contributed by atoms with Gasteiger partial charge in [0, 0.05) is 38.1 Å². The van der Waals surface area contributed by atoms with Gasteiger partial charge < -0.3 is 14.5 Å². The fraction of sp³-hybridized carbons (Fsp3) is 0.579. The highest BCUT2D eigenvalue weighted by molar-refractivity contribution is 7.96. The molecule has 1 N–H and O–H groups in total. The molecule has 27 heavy (non-hydrogen) atoms. The molecule has 2 aliphatic rings. The van der Waals surface area contributed by atoms with Crippen molar-refractivity contribution in [1.29, 1.82) is 0 Å². The molecule has 1 atom stereocenters. The molecule has 0 bridgehead atoms. The molecule has 4 rings (SSSR count). The second-order valence-electron chi connectivity index (χ2n) is 7.12. The van der Waals surface area contributed by atoms with Gasteiger partial charge in [-0.25, -0.2) is 14.4 Å². The summed E-state index contributed by atoms with van der Waals surface area (Å²) in [6.07, 6.45) is 5.99. The predicted octanol–water partition coefficient (Wildman–Crippen LogP) is 2.69. The van der Waals surface area contributed by atoms with Crippen LogP contribution in [0.5, 0.6) is 0 Å². The van der Waals surface area contributed by atoms with Crippen LogP contribution in [0.4, 0.5) is 15.9 Å². The average Bonchev–Trinajstić information content (AvgIpc) is 2.72. The Morgan fingerprint density at radius 1 is 1.22 bits per heavy atom. The minimum Gasteiger partial charge on any atom is -0.378 e. The molecule has 0 saturated carbocycles. The second kappa shape index (κ2) is 8.58. The van der Waals surface area contributed by atoms with Crippen LogP contribution in [0.25, 0.3) is 10.9 Å². The van der Waals surface area contributed by atoms with Crippen LogP contribution in [-0.2, 0) is 4.74 Å². The van der Waals surface area contributed by atoms with Crippen molar-refractivity contribution in [2.24, 2.45) is 5.92 Å². The summed E-state index contributed by atoms with van der Waals surface area (Å²) in [6.45, 7) is 5.54. The second-order valence-corrected chi connectivity index (χ2v) is 7.82. The van der Waals surface area contributed by atoms with Crippen molar-refractivity contribution in [2.75, 3.05) is 62.0 Å². The standard InChI is InChI=1S/C19H26FN5OS/c1-27-23-11-14-3-2-4-25(12-14)19-15-9-16(20)18(10-17(15)21-13-22-19)24-5-7-26-8-6-24/h9-10,13-14,23H,2-8,11-12H2,1H3. The Labute approximate surface area is 163 Å². The summed E-state index contributed by atoms with van der Waals surface area (Å²) in [5.41, 5.74) is 1.41. The van der Waals surface area contributed by atoms with Crippen LogP contribution in [0.3, 0.4) is 0 Å². The molecule has 1 aromatic carbocycles. The Hall–Kier alpha value is -1.64. The molecule has 3 heterocycles. The van der Waals surface area contributed by atoms with Crippen molar-refractivity contribution in [3.05, 3.63) is 24.3 Å². The smallest absolute Gasteiger partial charge is 0.147 e. The molecule has 2 fully saturated rings. The molecular formula is C19H26FN5OS. The zero-order valence-electron chi connectivity index (χ0n) is 15.7. The van der Waals surface area contributed by atoms with Crippen molar-refractivity contribution in [2.45, 2.75) is 12.8 Å². The van der Waals surface area contributed by atoms with Gasteiger partial charge in [0.05, 0.1) is 24.4 Å². The Morgan fingerprint density at radius 2 is 2.07 bits per heavy atom. The van der Waals surface area contributed by atoms with Gasteiger partial charge in [-0.1, -0.05) is 11.9 Å². The number of anilines is 2. The summed E-state index contributed by atoms with van der Waals surface area (Å²) in [5.74, 6) is 1.22. The van der Waals surface area contributed by atoms with Crippen LogP contribution in [0.2, 0.25) is 0 Å². The summed E-state index contributed by atoms with van der Waals surface area (Å²) in [4.78, 5) is 13.3. The zero-order chi connectivity index (χ0) is 18.6. The lowest BCUT2D eigenvalue weighted by molar-refractivity contribution is 0.122. The summed E-state index contributed by atoms with van der Waals surface area (Å²) >= 11 is 1.65. The number of nitrogens with zero attached hydrogens (tertiary/aromatic N) is 4. The van der Waals surface area contributed by atoms with Crippen LogP contribution in [-0.4, -0.2) is 62.2 Å². The van der Waals surface area contributed by atoms with E-state index in [1.165, 1.54) is 6.42 Å². The van der Waals surface area contributed by atoms with E-state index in [2.05, 4.69) is 19.6 Å². The number of halogens is 1. The summed E-state index contributed by atoms with van der Waals surface area (Å²) in [6, 6.07) is 3.47. The lowest BCUT2D eigenvalue weighted by Gasteiger charge is -2.34. The lowest BCUT2D eigenvalue weighted by atomic mass is 9.98. The van der Waals surface area contributed by atoms with Crippen molar-refractivity contribution >= 4 is 34.4 Å². The van der Waals surface area contributed by atoms with Gasteiger partial charge in [-0.3, -0.25) is 4.72 Å². The largest absolute Gasteiger partial charge is 0.378 e. The van der Waals surface area contributed by atoms with Crippen molar-refractivity contribution in [3.8, 4) is 0 Å². The van der Waals surface area contributed by atoms with Gasteiger partial charge in [-0.2, -0.15) is 0 Å². The topological polar surface area (TPSA) is 53.5 Å².